The van der Waals surface area contributed by atoms with Crippen molar-refractivity contribution in [3.05, 3.63) is 35.4 Å². The summed E-state index contributed by atoms with van der Waals surface area (Å²) < 4.78 is 0. The van der Waals surface area contributed by atoms with E-state index >= 15 is 0 Å². The van der Waals surface area contributed by atoms with Gasteiger partial charge in [0.2, 0.25) is 0 Å². The Morgan fingerprint density at radius 2 is 1.84 bits per heavy atom. The fraction of sp³-hybridized carbons (Fsp3) is 0.647. The van der Waals surface area contributed by atoms with Gasteiger partial charge in [-0.25, -0.2) is 0 Å². The van der Waals surface area contributed by atoms with Gasteiger partial charge in [-0.05, 0) is 49.3 Å². The number of hydrogen-bond acceptors (Lipinski definition) is 2. The molecule has 0 amide bonds. The lowest BCUT2D eigenvalue weighted by molar-refractivity contribution is 0.438. The fourth-order valence-corrected chi connectivity index (χ4v) is 2.92. The van der Waals surface area contributed by atoms with Gasteiger partial charge in [0.15, 0.2) is 0 Å². The third kappa shape index (κ3) is 7.64. The van der Waals surface area contributed by atoms with Crippen LogP contribution >= 0.6 is 11.8 Å². The molecule has 19 heavy (non-hydrogen) atoms. The molecule has 1 N–H and O–H groups in total. The number of benzene rings is 1. The number of nitrogens with one attached hydrogen (secondary N) is 1. The van der Waals surface area contributed by atoms with Crippen molar-refractivity contribution in [3.63, 3.8) is 0 Å². The zero-order valence-electron chi connectivity index (χ0n) is 12.9. The van der Waals surface area contributed by atoms with Crippen molar-refractivity contribution in [2.45, 2.75) is 46.6 Å². The molecule has 1 atom stereocenters. The van der Waals surface area contributed by atoms with E-state index < -0.39 is 0 Å². The molecular weight excluding hydrogens is 250 g/mol. The van der Waals surface area contributed by atoms with Gasteiger partial charge in [-0.2, -0.15) is 11.8 Å². The van der Waals surface area contributed by atoms with Crippen LogP contribution in [0.4, 0.5) is 0 Å². The van der Waals surface area contributed by atoms with Crippen LogP contribution < -0.4 is 5.32 Å². The van der Waals surface area contributed by atoms with Crippen molar-refractivity contribution in [1.29, 1.82) is 0 Å². The molecule has 0 saturated heterocycles. The molecule has 0 aliphatic rings. The largest absolute Gasteiger partial charge is 0.314 e. The van der Waals surface area contributed by atoms with Crippen LogP contribution in [0.5, 0.6) is 0 Å². The first kappa shape index (κ1) is 16.6. The average Bonchev–Trinajstić information content (AvgIpc) is 2.38. The van der Waals surface area contributed by atoms with Gasteiger partial charge in [0.05, 0.1) is 0 Å². The zero-order chi connectivity index (χ0) is 14.1. The molecule has 0 bridgehead atoms. The Kier molecular flexibility index (Phi) is 8.24. The van der Waals surface area contributed by atoms with Gasteiger partial charge >= 0.3 is 0 Å². The summed E-state index contributed by atoms with van der Waals surface area (Å²) in [5, 5.41) is 3.59. The van der Waals surface area contributed by atoms with Crippen LogP contribution in [0.3, 0.4) is 0 Å². The standard InChI is InChI=1S/C17H29NS/c1-5-19-11-10-17(13-18-14(2)3)12-16-8-6-15(4)7-9-16/h6-9,14,17-18H,5,10-13H2,1-4H3. The molecule has 0 aromatic heterocycles. The van der Waals surface area contributed by atoms with Crippen molar-refractivity contribution in [3.8, 4) is 0 Å². The van der Waals surface area contributed by atoms with E-state index in [-0.39, 0.29) is 0 Å². The minimum absolute atomic E-state index is 0.583. The molecule has 0 saturated carbocycles. The van der Waals surface area contributed by atoms with Crippen LogP contribution in [0.25, 0.3) is 0 Å². The minimum atomic E-state index is 0.583. The minimum Gasteiger partial charge on any atom is -0.314 e. The van der Waals surface area contributed by atoms with Crippen LogP contribution in [-0.4, -0.2) is 24.1 Å². The molecular formula is C17H29NS. The normalized spacial score (nSPS) is 12.9. The van der Waals surface area contributed by atoms with Gasteiger partial charge in [-0.1, -0.05) is 50.6 Å². The highest BCUT2D eigenvalue weighted by atomic mass is 32.2. The number of thioether (sulfide) groups is 1. The monoisotopic (exact) mass is 279 g/mol. The molecule has 0 aliphatic heterocycles. The molecule has 1 aromatic carbocycles. The van der Waals surface area contributed by atoms with E-state index in [9.17, 15) is 0 Å². The first-order valence-electron chi connectivity index (χ1n) is 7.48. The molecule has 0 heterocycles. The van der Waals surface area contributed by atoms with E-state index in [4.69, 9.17) is 0 Å². The maximum absolute atomic E-state index is 3.59. The Balaban J connectivity index is 2.48. The highest BCUT2D eigenvalue weighted by Crippen LogP contribution is 2.16. The Hall–Kier alpha value is -0.470. The maximum Gasteiger partial charge on any atom is 0.00104 e. The summed E-state index contributed by atoms with van der Waals surface area (Å²) >= 11 is 2.06. The van der Waals surface area contributed by atoms with Crippen LogP contribution in [0, 0.1) is 12.8 Å². The van der Waals surface area contributed by atoms with Gasteiger partial charge in [0.25, 0.3) is 0 Å². The predicted octanol–water partition coefficient (Wildman–Crippen LogP) is 4.29. The van der Waals surface area contributed by atoms with Crippen molar-refractivity contribution >= 4 is 11.8 Å². The zero-order valence-corrected chi connectivity index (χ0v) is 13.7. The molecule has 0 aliphatic carbocycles. The van der Waals surface area contributed by atoms with Gasteiger partial charge < -0.3 is 5.32 Å². The SMILES string of the molecule is CCSCCC(CNC(C)C)Cc1ccc(C)cc1. The molecule has 0 fully saturated rings. The summed E-state index contributed by atoms with van der Waals surface area (Å²) in [5.74, 6) is 3.27. The Morgan fingerprint density at radius 3 is 2.42 bits per heavy atom. The van der Waals surface area contributed by atoms with E-state index in [1.165, 1.54) is 35.5 Å². The highest BCUT2D eigenvalue weighted by Gasteiger charge is 2.10. The lowest BCUT2D eigenvalue weighted by Gasteiger charge is -2.19. The average molecular weight is 279 g/mol. The Bertz CT molecular complexity index is 332. The van der Waals surface area contributed by atoms with Gasteiger partial charge in [0.1, 0.15) is 0 Å². The molecule has 0 spiro atoms. The second-order valence-corrected chi connectivity index (χ2v) is 7.00. The van der Waals surface area contributed by atoms with Crippen molar-refractivity contribution < 1.29 is 0 Å². The summed E-state index contributed by atoms with van der Waals surface area (Å²) in [5.41, 5.74) is 2.82. The maximum atomic E-state index is 3.59. The number of aryl methyl sites for hydroxylation is 1. The van der Waals surface area contributed by atoms with Gasteiger partial charge in [0, 0.05) is 6.04 Å². The van der Waals surface area contributed by atoms with Crippen LogP contribution in [-0.2, 0) is 6.42 Å². The van der Waals surface area contributed by atoms with Crippen LogP contribution in [0.1, 0.15) is 38.3 Å². The first-order valence-corrected chi connectivity index (χ1v) is 8.64. The summed E-state index contributed by atoms with van der Waals surface area (Å²) in [6, 6.07) is 9.60. The lowest BCUT2D eigenvalue weighted by Crippen LogP contribution is -2.30. The summed E-state index contributed by atoms with van der Waals surface area (Å²) in [6.45, 7) is 9.98. The van der Waals surface area contributed by atoms with E-state index in [1.807, 2.05) is 0 Å². The van der Waals surface area contributed by atoms with E-state index in [1.54, 1.807) is 0 Å². The number of rotatable bonds is 9. The third-order valence-corrected chi connectivity index (χ3v) is 4.27. The summed E-state index contributed by atoms with van der Waals surface area (Å²) in [4.78, 5) is 0. The highest BCUT2D eigenvalue weighted by molar-refractivity contribution is 7.99. The van der Waals surface area contributed by atoms with E-state index in [0.29, 0.717) is 6.04 Å². The fourth-order valence-electron chi connectivity index (χ4n) is 2.13. The molecule has 0 radical (unpaired) electrons. The van der Waals surface area contributed by atoms with Gasteiger partial charge in [-0.3, -0.25) is 0 Å². The van der Waals surface area contributed by atoms with Crippen LogP contribution in [0.15, 0.2) is 24.3 Å². The van der Waals surface area contributed by atoms with Crippen molar-refractivity contribution in [2.75, 3.05) is 18.1 Å². The molecule has 1 aromatic rings. The molecule has 1 nitrogen and oxygen atoms in total. The van der Waals surface area contributed by atoms with Crippen LogP contribution in [0.2, 0.25) is 0 Å². The quantitative estimate of drug-likeness (QED) is 0.677. The Labute approximate surface area is 123 Å². The molecule has 1 rings (SSSR count). The molecule has 1 unspecified atom stereocenters. The van der Waals surface area contributed by atoms with Crippen molar-refractivity contribution in [1.82, 2.24) is 5.32 Å². The molecule has 2 heteroatoms. The lowest BCUT2D eigenvalue weighted by atomic mass is 9.96. The summed E-state index contributed by atoms with van der Waals surface area (Å²) in [7, 11) is 0. The first-order chi connectivity index (χ1) is 9.11. The number of hydrogen-bond donors (Lipinski definition) is 1. The predicted molar refractivity (Wildman–Crippen MR) is 89.1 cm³/mol. The molecule has 108 valence electrons. The van der Waals surface area contributed by atoms with Gasteiger partial charge in [-0.15, -0.1) is 0 Å². The summed E-state index contributed by atoms with van der Waals surface area (Å²) in [6.07, 6.45) is 2.51. The second-order valence-electron chi connectivity index (χ2n) is 5.60. The Morgan fingerprint density at radius 1 is 1.16 bits per heavy atom. The van der Waals surface area contributed by atoms with E-state index in [0.717, 1.165) is 12.5 Å². The smallest absolute Gasteiger partial charge is 0.00104 e. The van der Waals surface area contributed by atoms with E-state index in [2.05, 4.69) is 69.0 Å². The topological polar surface area (TPSA) is 12.0 Å². The third-order valence-electron chi connectivity index (χ3n) is 3.33. The second kappa shape index (κ2) is 9.44. The van der Waals surface area contributed by atoms with Crippen molar-refractivity contribution in [2.24, 2.45) is 5.92 Å².